The van der Waals surface area contributed by atoms with Crippen molar-refractivity contribution in [3.8, 4) is 0 Å². The molecule has 2 aliphatic heterocycles. The molecule has 5 heteroatoms. The summed E-state index contributed by atoms with van der Waals surface area (Å²) in [5.41, 5.74) is 7.92. The Morgan fingerprint density at radius 3 is 2.48 bits per heavy atom. The third-order valence-corrected chi connectivity index (χ3v) is 4.46. The fraction of sp³-hybridized carbons (Fsp3) is 0.333. The van der Waals surface area contributed by atoms with Crippen LogP contribution in [-0.2, 0) is 0 Å². The molecule has 0 aliphatic carbocycles. The van der Waals surface area contributed by atoms with E-state index in [-0.39, 0.29) is 17.3 Å². The van der Waals surface area contributed by atoms with E-state index in [2.05, 4.69) is 13.2 Å². The molecule has 0 radical (unpaired) electrons. The average Bonchev–Trinajstić information content (AvgIpc) is 2.91. The van der Waals surface area contributed by atoms with E-state index >= 15 is 0 Å². The van der Waals surface area contributed by atoms with Gasteiger partial charge in [0.15, 0.2) is 0 Å². The van der Waals surface area contributed by atoms with Crippen LogP contribution in [0.1, 0.15) is 12.8 Å². The number of allylic oxidation sites excluding steroid dienone is 2. The Hall–Kier alpha value is -2.14. The van der Waals surface area contributed by atoms with Gasteiger partial charge in [-0.2, -0.15) is 0 Å². The van der Waals surface area contributed by atoms with E-state index in [0.29, 0.717) is 19.6 Å². The fourth-order valence-electron chi connectivity index (χ4n) is 3.09. The molecule has 122 valence electrons. The summed E-state index contributed by atoms with van der Waals surface area (Å²) in [7, 11) is 0. The molecule has 2 heterocycles. The van der Waals surface area contributed by atoms with Crippen molar-refractivity contribution in [3.63, 3.8) is 0 Å². The van der Waals surface area contributed by atoms with Crippen molar-refractivity contribution in [2.45, 2.75) is 12.8 Å². The maximum absolute atomic E-state index is 14.6. The number of hydrogen-bond acceptors (Lipinski definition) is 3. The van der Waals surface area contributed by atoms with Crippen LogP contribution in [0.4, 0.5) is 20.2 Å². The largest absolute Gasteiger partial charge is 0.345 e. The highest BCUT2D eigenvalue weighted by molar-refractivity contribution is 5.63. The van der Waals surface area contributed by atoms with Crippen LogP contribution in [0.3, 0.4) is 0 Å². The van der Waals surface area contributed by atoms with Crippen molar-refractivity contribution in [1.29, 1.82) is 0 Å². The Bertz CT molecular complexity index is 681. The zero-order valence-corrected chi connectivity index (χ0v) is 13.1. The van der Waals surface area contributed by atoms with Crippen LogP contribution in [0.25, 0.3) is 0 Å². The minimum absolute atomic E-state index is 0.234. The number of rotatable bonds is 3. The molecule has 3 nitrogen and oxygen atoms in total. The SMILES string of the molecule is C=C1C=CN(c2cc(F)c(N3CC(CN)CC3=C)cc2F)CC1. The van der Waals surface area contributed by atoms with Crippen LogP contribution in [0, 0.1) is 17.6 Å². The second-order valence-corrected chi connectivity index (χ2v) is 6.16. The molecule has 0 amide bonds. The van der Waals surface area contributed by atoms with E-state index in [1.54, 1.807) is 16.0 Å². The topological polar surface area (TPSA) is 32.5 Å². The number of nitrogens with two attached hydrogens (primary N) is 1. The molecule has 1 unspecified atom stereocenters. The molecule has 1 saturated heterocycles. The van der Waals surface area contributed by atoms with Crippen molar-refractivity contribution in [2.75, 3.05) is 29.4 Å². The lowest BCUT2D eigenvalue weighted by molar-refractivity contribution is 0.587. The second kappa shape index (κ2) is 6.16. The summed E-state index contributed by atoms with van der Waals surface area (Å²) < 4.78 is 29.1. The molecule has 2 N–H and O–H groups in total. The lowest BCUT2D eigenvalue weighted by Crippen LogP contribution is -2.24. The molecule has 3 rings (SSSR count). The van der Waals surface area contributed by atoms with Crippen LogP contribution in [0.2, 0.25) is 0 Å². The number of halogens is 2. The molecular formula is C18H21F2N3. The van der Waals surface area contributed by atoms with Gasteiger partial charge < -0.3 is 15.5 Å². The standard InChI is InChI=1S/C18H21F2N3/c1-12-3-5-22(6-4-12)17-8-16(20)18(9-15(17)19)23-11-14(10-21)7-13(23)2/h3,5,8-9,14H,1-2,4,6-7,10-11,21H2. The summed E-state index contributed by atoms with van der Waals surface area (Å²) in [5, 5.41) is 0. The zero-order valence-electron chi connectivity index (χ0n) is 13.1. The van der Waals surface area contributed by atoms with Gasteiger partial charge in [0, 0.05) is 37.1 Å². The van der Waals surface area contributed by atoms with Gasteiger partial charge in [0.1, 0.15) is 11.6 Å². The first-order chi connectivity index (χ1) is 11.0. The molecule has 23 heavy (non-hydrogen) atoms. The first-order valence-corrected chi connectivity index (χ1v) is 7.76. The van der Waals surface area contributed by atoms with E-state index in [1.807, 2.05) is 6.08 Å². The zero-order chi connectivity index (χ0) is 16.6. The Morgan fingerprint density at radius 1 is 1.17 bits per heavy atom. The first-order valence-electron chi connectivity index (χ1n) is 7.76. The lowest BCUT2D eigenvalue weighted by Gasteiger charge is -2.27. The summed E-state index contributed by atoms with van der Waals surface area (Å²) >= 11 is 0. The third kappa shape index (κ3) is 3.01. The van der Waals surface area contributed by atoms with Crippen molar-refractivity contribution >= 4 is 11.4 Å². The molecule has 1 atom stereocenters. The molecule has 0 aromatic heterocycles. The predicted octanol–water partition coefficient (Wildman–Crippen LogP) is 3.54. The van der Waals surface area contributed by atoms with E-state index in [1.165, 1.54) is 12.1 Å². The summed E-state index contributed by atoms with van der Waals surface area (Å²) in [6, 6.07) is 2.51. The lowest BCUT2D eigenvalue weighted by atomic mass is 10.1. The number of anilines is 2. The molecule has 1 aromatic rings. The van der Waals surface area contributed by atoms with Crippen molar-refractivity contribution in [2.24, 2.45) is 11.7 Å². The Kier molecular flexibility index (Phi) is 4.22. The maximum Gasteiger partial charge on any atom is 0.149 e. The van der Waals surface area contributed by atoms with E-state index < -0.39 is 11.6 Å². The van der Waals surface area contributed by atoms with Crippen LogP contribution in [-0.4, -0.2) is 19.6 Å². The normalized spacial score (nSPS) is 21.4. The predicted molar refractivity (Wildman–Crippen MR) is 90.2 cm³/mol. The Labute approximate surface area is 135 Å². The van der Waals surface area contributed by atoms with Gasteiger partial charge >= 0.3 is 0 Å². The van der Waals surface area contributed by atoms with Crippen LogP contribution < -0.4 is 15.5 Å². The molecule has 0 saturated carbocycles. The highest BCUT2D eigenvalue weighted by Gasteiger charge is 2.28. The first kappa shape index (κ1) is 15.7. The second-order valence-electron chi connectivity index (χ2n) is 6.16. The third-order valence-electron chi connectivity index (χ3n) is 4.46. The summed E-state index contributed by atoms with van der Waals surface area (Å²) in [5.74, 6) is -0.652. The van der Waals surface area contributed by atoms with Crippen LogP contribution in [0.5, 0.6) is 0 Å². The summed E-state index contributed by atoms with van der Waals surface area (Å²) in [4.78, 5) is 3.44. The van der Waals surface area contributed by atoms with Gasteiger partial charge in [0.2, 0.25) is 0 Å². The number of benzene rings is 1. The van der Waals surface area contributed by atoms with Crippen molar-refractivity contribution in [3.05, 3.63) is 60.5 Å². The summed E-state index contributed by atoms with van der Waals surface area (Å²) in [6.07, 6.45) is 5.02. The minimum atomic E-state index is -0.446. The Morgan fingerprint density at radius 2 is 1.87 bits per heavy atom. The Balaban J connectivity index is 1.90. The molecule has 0 spiro atoms. The highest BCUT2D eigenvalue weighted by Crippen LogP contribution is 2.36. The average molecular weight is 317 g/mol. The van der Waals surface area contributed by atoms with Gasteiger partial charge in [-0.15, -0.1) is 0 Å². The van der Waals surface area contributed by atoms with Gasteiger partial charge in [0.25, 0.3) is 0 Å². The van der Waals surface area contributed by atoms with Gasteiger partial charge in [-0.25, -0.2) is 8.78 Å². The molecule has 2 aliphatic rings. The van der Waals surface area contributed by atoms with E-state index in [4.69, 9.17) is 5.73 Å². The van der Waals surface area contributed by atoms with E-state index in [0.717, 1.165) is 24.1 Å². The van der Waals surface area contributed by atoms with Gasteiger partial charge in [0.05, 0.1) is 11.4 Å². The number of nitrogens with zero attached hydrogens (tertiary/aromatic N) is 2. The van der Waals surface area contributed by atoms with Gasteiger partial charge in [-0.3, -0.25) is 0 Å². The highest BCUT2D eigenvalue weighted by atomic mass is 19.1. The minimum Gasteiger partial charge on any atom is -0.345 e. The molecular weight excluding hydrogens is 296 g/mol. The molecule has 0 bridgehead atoms. The maximum atomic E-state index is 14.6. The monoisotopic (exact) mass is 317 g/mol. The van der Waals surface area contributed by atoms with Crippen molar-refractivity contribution < 1.29 is 8.78 Å². The molecule has 1 aromatic carbocycles. The van der Waals surface area contributed by atoms with Crippen LogP contribution in [0.15, 0.2) is 48.8 Å². The van der Waals surface area contributed by atoms with E-state index in [9.17, 15) is 8.78 Å². The van der Waals surface area contributed by atoms with Gasteiger partial charge in [-0.05, 0) is 31.4 Å². The van der Waals surface area contributed by atoms with Gasteiger partial charge in [-0.1, -0.05) is 18.7 Å². The number of hydrogen-bond donors (Lipinski definition) is 1. The van der Waals surface area contributed by atoms with Crippen LogP contribution >= 0.6 is 0 Å². The molecule has 1 fully saturated rings. The quantitative estimate of drug-likeness (QED) is 0.925. The smallest absolute Gasteiger partial charge is 0.149 e. The summed E-state index contributed by atoms with van der Waals surface area (Å²) in [6.45, 7) is 9.50. The van der Waals surface area contributed by atoms with Crippen molar-refractivity contribution in [1.82, 2.24) is 0 Å². The fourth-order valence-corrected chi connectivity index (χ4v) is 3.09.